The van der Waals surface area contributed by atoms with Crippen molar-refractivity contribution < 1.29 is 14.6 Å². The molecule has 1 aliphatic carbocycles. The third-order valence-electron chi connectivity index (χ3n) is 6.36. The topological polar surface area (TPSA) is 134 Å². The molecule has 0 spiro atoms. The minimum absolute atomic E-state index is 0.125. The van der Waals surface area contributed by atoms with Gasteiger partial charge in [-0.1, -0.05) is 35.5 Å². The van der Waals surface area contributed by atoms with Crippen LogP contribution in [0.25, 0.3) is 22.8 Å². The maximum absolute atomic E-state index is 11.4. The Bertz CT molecular complexity index is 1330. The van der Waals surface area contributed by atoms with Crippen LogP contribution in [0.15, 0.2) is 42.5 Å². The standard InChI is InChI=1S/C24H26N8O3/c1-15-21(35-18-10-6-9-17(13-18)24(33)34)12-11-19(25-15)22-20(31(2)29-26-22)14-32-23(27-28-30-32)16-7-4-3-5-8-16/h3-5,7-8,11-12,17-18H,6,9-10,13-14H2,1-2H3,(H,33,34)/t17-,18-/m0/s1. The van der Waals surface area contributed by atoms with Crippen molar-refractivity contribution in [3.05, 3.63) is 53.9 Å². The second kappa shape index (κ2) is 9.61. The molecule has 1 N–H and O–H groups in total. The number of aromatic nitrogens is 8. The number of carboxylic acids is 1. The van der Waals surface area contributed by atoms with Crippen molar-refractivity contribution in [2.24, 2.45) is 13.0 Å². The number of hydrogen-bond acceptors (Lipinski definition) is 8. The number of rotatable bonds is 7. The Morgan fingerprint density at radius 1 is 1.11 bits per heavy atom. The van der Waals surface area contributed by atoms with Crippen LogP contribution in [0, 0.1) is 12.8 Å². The number of aliphatic carboxylic acids is 1. The molecule has 1 fully saturated rings. The quantitative estimate of drug-likeness (QED) is 0.429. The van der Waals surface area contributed by atoms with Crippen LogP contribution in [0.4, 0.5) is 0 Å². The monoisotopic (exact) mass is 474 g/mol. The van der Waals surface area contributed by atoms with E-state index in [1.165, 1.54) is 0 Å². The zero-order chi connectivity index (χ0) is 24.4. The fourth-order valence-corrected chi connectivity index (χ4v) is 4.46. The van der Waals surface area contributed by atoms with E-state index in [1.54, 1.807) is 9.36 Å². The van der Waals surface area contributed by atoms with Crippen molar-refractivity contribution in [2.75, 3.05) is 0 Å². The lowest BCUT2D eigenvalue weighted by Gasteiger charge is -2.27. The van der Waals surface area contributed by atoms with Crippen LogP contribution >= 0.6 is 0 Å². The highest BCUT2D eigenvalue weighted by molar-refractivity contribution is 5.70. The number of ether oxygens (including phenoxy) is 1. The highest BCUT2D eigenvalue weighted by atomic mass is 16.5. The lowest BCUT2D eigenvalue weighted by molar-refractivity contribution is -0.143. The molecule has 0 unspecified atom stereocenters. The number of aryl methyl sites for hydroxylation is 2. The second-order valence-corrected chi connectivity index (χ2v) is 8.76. The number of carboxylic acid groups (broad SMARTS) is 1. The predicted molar refractivity (Wildman–Crippen MR) is 125 cm³/mol. The molecule has 35 heavy (non-hydrogen) atoms. The van der Waals surface area contributed by atoms with Gasteiger partial charge in [0.15, 0.2) is 5.82 Å². The van der Waals surface area contributed by atoms with Crippen molar-refractivity contribution in [3.63, 3.8) is 0 Å². The predicted octanol–water partition coefficient (Wildman–Crippen LogP) is 2.91. The molecule has 11 heteroatoms. The van der Waals surface area contributed by atoms with Crippen molar-refractivity contribution in [1.82, 2.24) is 40.2 Å². The first kappa shape index (κ1) is 22.6. The third-order valence-corrected chi connectivity index (χ3v) is 6.36. The first-order valence-corrected chi connectivity index (χ1v) is 11.6. The van der Waals surface area contributed by atoms with Gasteiger partial charge in [0.1, 0.15) is 11.4 Å². The van der Waals surface area contributed by atoms with Gasteiger partial charge in [0, 0.05) is 12.6 Å². The molecule has 0 amide bonds. The maximum Gasteiger partial charge on any atom is 0.306 e. The molecule has 1 aliphatic rings. The summed E-state index contributed by atoms with van der Waals surface area (Å²) in [4.78, 5) is 16.1. The molecule has 3 heterocycles. The molecule has 0 aliphatic heterocycles. The van der Waals surface area contributed by atoms with E-state index >= 15 is 0 Å². The summed E-state index contributed by atoms with van der Waals surface area (Å²) in [7, 11) is 1.82. The van der Waals surface area contributed by atoms with Gasteiger partial charge < -0.3 is 9.84 Å². The summed E-state index contributed by atoms with van der Waals surface area (Å²) in [6, 6.07) is 13.5. The van der Waals surface area contributed by atoms with Crippen LogP contribution in [-0.4, -0.2) is 57.4 Å². The van der Waals surface area contributed by atoms with Gasteiger partial charge in [-0.3, -0.25) is 4.79 Å². The Kier molecular flexibility index (Phi) is 6.21. The van der Waals surface area contributed by atoms with Crippen molar-refractivity contribution in [1.29, 1.82) is 0 Å². The molecule has 2 atom stereocenters. The normalized spacial score (nSPS) is 17.9. The SMILES string of the molecule is Cc1nc(-c2nnn(C)c2Cn2nnnc2-c2ccccc2)ccc1O[C@H]1CCC[C@H](C(=O)O)C1. The van der Waals surface area contributed by atoms with E-state index < -0.39 is 5.97 Å². The van der Waals surface area contributed by atoms with Gasteiger partial charge in [0.2, 0.25) is 0 Å². The summed E-state index contributed by atoms with van der Waals surface area (Å²) in [6.45, 7) is 2.24. The van der Waals surface area contributed by atoms with Crippen LogP contribution in [-0.2, 0) is 18.4 Å². The Morgan fingerprint density at radius 3 is 2.71 bits per heavy atom. The Balaban J connectivity index is 1.37. The maximum atomic E-state index is 11.4. The van der Waals surface area contributed by atoms with E-state index in [1.807, 2.05) is 56.4 Å². The van der Waals surface area contributed by atoms with Crippen molar-refractivity contribution in [2.45, 2.75) is 45.3 Å². The molecule has 11 nitrogen and oxygen atoms in total. The average Bonchev–Trinajstić information content (AvgIpc) is 3.48. The number of carbonyl (C=O) groups is 1. The van der Waals surface area contributed by atoms with Gasteiger partial charge in [-0.25, -0.2) is 14.3 Å². The summed E-state index contributed by atoms with van der Waals surface area (Å²) in [5, 5.41) is 30.1. The van der Waals surface area contributed by atoms with E-state index in [0.717, 1.165) is 24.1 Å². The highest BCUT2D eigenvalue weighted by Crippen LogP contribution is 2.30. The molecular weight excluding hydrogens is 448 g/mol. The minimum atomic E-state index is -0.753. The van der Waals surface area contributed by atoms with Crippen LogP contribution in [0.3, 0.4) is 0 Å². The lowest BCUT2D eigenvalue weighted by atomic mass is 9.87. The van der Waals surface area contributed by atoms with Gasteiger partial charge in [-0.05, 0) is 55.2 Å². The van der Waals surface area contributed by atoms with E-state index in [4.69, 9.17) is 9.72 Å². The molecule has 5 rings (SSSR count). The largest absolute Gasteiger partial charge is 0.489 e. The van der Waals surface area contributed by atoms with Gasteiger partial charge in [0.05, 0.1) is 35.6 Å². The molecular formula is C24H26N8O3. The van der Waals surface area contributed by atoms with Crippen molar-refractivity contribution >= 4 is 5.97 Å². The van der Waals surface area contributed by atoms with Gasteiger partial charge in [0.25, 0.3) is 0 Å². The fourth-order valence-electron chi connectivity index (χ4n) is 4.46. The van der Waals surface area contributed by atoms with E-state index in [-0.39, 0.29) is 12.0 Å². The van der Waals surface area contributed by atoms with Crippen LogP contribution in [0.5, 0.6) is 5.75 Å². The zero-order valence-corrected chi connectivity index (χ0v) is 19.6. The number of benzene rings is 1. The van der Waals surface area contributed by atoms with Crippen LogP contribution in [0.1, 0.15) is 37.1 Å². The fraction of sp³-hybridized carbons (Fsp3) is 0.375. The number of hydrogen-bond donors (Lipinski definition) is 1. The first-order valence-electron chi connectivity index (χ1n) is 11.6. The molecule has 0 bridgehead atoms. The molecule has 0 radical (unpaired) electrons. The molecule has 180 valence electrons. The van der Waals surface area contributed by atoms with Gasteiger partial charge in [-0.15, -0.1) is 10.2 Å². The molecule has 4 aromatic rings. The second-order valence-electron chi connectivity index (χ2n) is 8.76. The molecule has 0 saturated heterocycles. The van der Waals surface area contributed by atoms with Crippen molar-refractivity contribution in [3.8, 4) is 28.5 Å². The molecule has 1 aromatic carbocycles. The minimum Gasteiger partial charge on any atom is -0.489 e. The summed E-state index contributed by atoms with van der Waals surface area (Å²) < 4.78 is 9.55. The van der Waals surface area contributed by atoms with Gasteiger partial charge >= 0.3 is 5.97 Å². The zero-order valence-electron chi connectivity index (χ0n) is 19.6. The molecule has 3 aromatic heterocycles. The van der Waals surface area contributed by atoms with Gasteiger partial charge in [-0.2, -0.15) is 0 Å². The van der Waals surface area contributed by atoms with E-state index in [0.29, 0.717) is 48.0 Å². The molecule has 1 saturated carbocycles. The van der Waals surface area contributed by atoms with Crippen LogP contribution < -0.4 is 4.74 Å². The van der Waals surface area contributed by atoms with Crippen LogP contribution in [0.2, 0.25) is 0 Å². The number of pyridine rings is 1. The summed E-state index contributed by atoms with van der Waals surface area (Å²) in [5.74, 6) is 0.201. The Morgan fingerprint density at radius 2 is 1.94 bits per heavy atom. The van der Waals surface area contributed by atoms with E-state index in [9.17, 15) is 9.90 Å². The lowest BCUT2D eigenvalue weighted by Crippen LogP contribution is -2.29. The Labute approximate surface area is 201 Å². The number of tetrazole rings is 1. The third kappa shape index (κ3) is 4.75. The first-order chi connectivity index (χ1) is 17.0. The Hall–Kier alpha value is -4.15. The summed E-state index contributed by atoms with van der Waals surface area (Å²) >= 11 is 0. The summed E-state index contributed by atoms with van der Waals surface area (Å²) in [6.07, 6.45) is 2.78. The average molecular weight is 475 g/mol. The smallest absolute Gasteiger partial charge is 0.306 e. The number of nitrogens with zero attached hydrogens (tertiary/aromatic N) is 8. The summed E-state index contributed by atoms with van der Waals surface area (Å²) in [5.41, 5.74) is 3.74. The van der Waals surface area contributed by atoms with E-state index in [2.05, 4.69) is 25.8 Å². The highest BCUT2D eigenvalue weighted by Gasteiger charge is 2.28.